The lowest BCUT2D eigenvalue weighted by Gasteiger charge is -2.22. The number of sulfonamides is 1. The molecule has 1 aliphatic heterocycles. The minimum atomic E-state index is -3.60. The number of hydrogen-bond acceptors (Lipinski definition) is 3. The molecule has 0 bridgehead atoms. The quantitative estimate of drug-likeness (QED) is 0.810. The number of rotatable bonds is 5. The van der Waals surface area contributed by atoms with Gasteiger partial charge in [-0.1, -0.05) is 37.3 Å². The fraction of sp³-hybridized carbons (Fsp3) is 0.350. The standard InChI is InChI=1S/C20H24N2O3S/c1-4-21(14-17-8-6-5-7-9-17)26(24,25)19-10-11-20-18(13-19)12-15(2)22(20)16(3)23/h5-11,13,15H,4,12,14H2,1-3H3. The van der Waals surface area contributed by atoms with Crippen molar-refractivity contribution < 1.29 is 13.2 Å². The minimum Gasteiger partial charge on any atom is -0.309 e. The summed E-state index contributed by atoms with van der Waals surface area (Å²) in [6, 6.07) is 14.7. The molecular weight excluding hydrogens is 348 g/mol. The lowest BCUT2D eigenvalue weighted by molar-refractivity contribution is -0.116. The van der Waals surface area contributed by atoms with Crippen LogP contribution in [0.4, 0.5) is 5.69 Å². The lowest BCUT2D eigenvalue weighted by Crippen LogP contribution is -2.33. The summed E-state index contributed by atoms with van der Waals surface area (Å²) in [6.45, 7) is 6.09. The van der Waals surface area contributed by atoms with Gasteiger partial charge in [0.25, 0.3) is 0 Å². The highest BCUT2D eigenvalue weighted by atomic mass is 32.2. The van der Waals surface area contributed by atoms with E-state index in [4.69, 9.17) is 0 Å². The summed E-state index contributed by atoms with van der Waals surface area (Å²) in [5, 5.41) is 0. The summed E-state index contributed by atoms with van der Waals surface area (Å²) in [4.78, 5) is 13.9. The predicted molar refractivity (Wildman–Crippen MR) is 102 cm³/mol. The molecule has 26 heavy (non-hydrogen) atoms. The van der Waals surface area contributed by atoms with Crippen LogP contribution < -0.4 is 4.90 Å². The molecule has 0 radical (unpaired) electrons. The number of carbonyl (C=O) groups is 1. The molecule has 1 heterocycles. The molecule has 0 aromatic heterocycles. The average Bonchev–Trinajstić information content (AvgIpc) is 2.95. The third kappa shape index (κ3) is 3.39. The first-order chi connectivity index (χ1) is 12.3. The van der Waals surface area contributed by atoms with Crippen molar-refractivity contribution in [3.63, 3.8) is 0 Å². The summed E-state index contributed by atoms with van der Waals surface area (Å²) < 4.78 is 27.7. The number of carbonyl (C=O) groups excluding carboxylic acids is 1. The number of amides is 1. The van der Waals surface area contributed by atoms with Gasteiger partial charge in [0.2, 0.25) is 15.9 Å². The molecule has 0 aliphatic carbocycles. The van der Waals surface area contributed by atoms with E-state index in [1.807, 2.05) is 44.2 Å². The highest BCUT2D eigenvalue weighted by Crippen LogP contribution is 2.34. The van der Waals surface area contributed by atoms with Gasteiger partial charge in [-0.3, -0.25) is 4.79 Å². The predicted octanol–water partition coefficient (Wildman–Crippen LogP) is 3.19. The normalized spacial score (nSPS) is 16.8. The van der Waals surface area contributed by atoms with Gasteiger partial charge >= 0.3 is 0 Å². The highest BCUT2D eigenvalue weighted by molar-refractivity contribution is 7.89. The van der Waals surface area contributed by atoms with Crippen molar-refractivity contribution in [2.24, 2.45) is 0 Å². The van der Waals surface area contributed by atoms with Crippen LogP contribution in [0.3, 0.4) is 0 Å². The van der Waals surface area contributed by atoms with Gasteiger partial charge in [-0.15, -0.1) is 0 Å². The number of nitrogens with zero attached hydrogens (tertiary/aromatic N) is 2. The van der Waals surface area contributed by atoms with Gasteiger partial charge in [-0.25, -0.2) is 8.42 Å². The van der Waals surface area contributed by atoms with Crippen molar-refractivity contribution in [3.8, 4) is 0 Å². The van der Waals surface area contributed by atoms with E-state index in [9.17, 15) is 13.2 Å². The van der Waals surface area contributed by atoms with Crippen LogP contribution >= 0.6 is 0 Å². The Hall–Kier alpha value is -2.18. The van der Waals surface area contributed by atoms with Crippen LogP contribution in [0.2, 0.25) is 0 Å². The van der Waals surface area contributed by atoms with Gasteiger partial charge < -0.3 is 4.90 Å². The van der Waals surface area contributed by atoms with Crippen molar-refractivity contribution in [2.75, 3.05) is 11.4 Å². The Morgan fingerprint density at radius 2 is 1.88 bits per heavy atom. The lowest BCUT2D eigenvalue weighted by atomic mass is 10.1. The van der Waals surface area contributed by atoms with Gasteiger partial charge in [0, 0.05) is 31.7 Å². The summed E-state index contributed by atoms with van der Waals surface area (Å²) in [5.74, 6) is -0.0221. The number of fused-ring (bicyclic) bond motifs is 1. The summed E-state index contributed by atoms with van der Waals surface area (Å²) in [6.07, 6.45) is 0.670. The molecule has 0 N–H and O–H groups in total. The first-order valence-electron chi connectivity index (χ1n) is 8.81. The Balaban J connectivity index is 1.92. The first-order valence-corrected chi connectivity index (χ1v) is 10.3. The van der Waals surface area contributed by atoms with Crippen LogP contribution in [-0.2, 0) is 27.8 Å². The molecule has 1 amide bonds. The van der Waals surface area contributed by atoms with Crippen LogP contribution in [0, 0.1) is 0 Å². The second-order valence-corrected chi connectivity index (χ2v) is 8.59. The Morgan fingerprint density at radius 1 is 1.19 bits per heavy atom. The van der Waals surface area contributed by atoms with Crippen molar-refractivity contribution in [3.05, 3.63) is 59.7 Å². The molecule has 138 valence electrons. The molecule has 2 aromatic carbocycles. The Kier molecular flexibility index (Phi) is 5.16. The Labute approximate surface area is 155 Å². The monoisotopic (exact) mass is 372 g/mol. The maximum absolute atomic E-state index is 13.1. The van der Waals surface area contributed by atoms with Crippen LogP contribution in [0.5, 0.6) is 0 Å². The average molecular weight is 372 g/mol. The third-order valence-electron chi connectivity index (χ3n) is 4.80. The van der Waals surface area contributed by atoms with Crippen LogP contribution in [0.15, 0.2) is 53.4 Å². The van der Waals surface area contributed by atoms with E-state index >= 15 is 0 Å². The summed E-state index contributed by atoms with van der Waals surface area (Å²) in [5.41, 5.74) is 2.68. The fourth-order valence-electron chi connectivity index (χ4n) is 3.55. The molecule has 5 nitrogen and oxygen atoms in total. The molecule has 2 aromatic rings. The van der Waals surface area contributed by atoms with Crippen molar-refractivity contribution >= 4 is 21.6 Å². The smallest absolute Gasteiger partial charge is 0.243 e. The van der Waals surface area contributed by atoms with E-state index in [-0.39, 0.29) is 16.8 Å². The van der Waals surface area contributed by atoms with Gasteiger partial charge in [-0.05, 0) is 42.7 Å². The maximum atomic E-state index is 13.1. The molecule has 3 rings (SSSR count). The van der Waals surface area contributed by atoms with Gasteiger partial charge in [0.1, 0.15) is 0 Å². The molecule has 0 saturated carbocycles. The van der Waals surface area contributed by atoms with Crippen LogP contribution in [0.1, 0.15) is 31.9 Å². The number of anilines is 1. The summed E-state index contributed by atoms with van der Waals surface area (Å²) >= 11 is 0. The zero-order valence-electron chi connectivity index (χ0n) is 15.3. The molecule has 1 atom stereocenters. The van der Waals surface area contributed by atoms with E-state index < -0.39 is 10.0 Å². The minimum absolute atomic E-state index is 0.0221. The van der Waals surface area contributed by atoms with E-state index in [0.717, 1.165) is 16.8 Å². The van der Waals surface area contributed by atoms with Crippen molar-refractivity contribution in [1.29, 1.82) is 0 Å². The van der Waals surface area contributed by atoms with Gasteiger partial charge in [0.15, 0.2) is 0 Å². The van der Waals surface area contributed by atoms with E-state index in [1.54, 1.807) is 23.1 Å². The third-order valence-corrected chi connectivity index (χ3v) is 6.71. The van der Waals surface area contributed by atoms with Gasteiger partial charge in [-0.2, -0.15) is 4.31 Å². The van der Waals surface area contributed by atoms with Gasteiger partial charge in [0.05, 0.1) is 4.90 Å². The molecule has 0 spiro atoms. The fourth-order valence-corrected chi connectivity index (χ4v) is 5.04. The van der Waals surface area contributed by atoms with E-state index in [0.29, 0.717) is 19.5 Å². The Bertz CT molecular complexity index is 910. The highest BCUT2D eigenvalue weighted by Gasteiger charge is 2.31. The number of benzene rings is 2. The topological polar surface area (TPSA) is 57.7 Å². The Morgan fingerprint density at radius 3 is 2.50 bits per heavy atom. The summed E-state index contributed by atoms with van der Waals surface area (Å²) in [7, 11) is -3.60. The second kappa shape index (κ2) is 7.21. The van der Waals surface area contributed by atoms with Crippen molar-refractivity contribution in [1.82, 2.24) is 4.31 Å². The van der Waals surface area contributed by atoms with Crippen LogP contribution in [0.25, 0.3) is 0 Å². The van der Waals surface area contributed by atoms with E-state index in [1.165, 1.54) is 11.2 Å². The number of hydrogen-bond donors (Lipinski definition) is 0. The second-order valence-electron chi connectivity index (χ2n) is 6.65. The van der Waals surface area contributed by atoms with Crippen molar-refractivity contribution in [2.45, 2.75) is 44.7 Å². The largest absolute Gasteiger partial charge is 0.309 e. The molecule has 6 heteroatoms. The zero-order valence-corrected chi connectivity index (χ0v) is 16.2. The molecule has 1 aliphatic rings. The SMILES string of the molecule is CCN(Cc1ccccc1)S(=O)(=O)c1ccc2c(c1)CC(C)N2C(C)=O. The zero-order chi connectivity index (χ0) is 18.9. The molecule has 1 unspecified atom stereocenters. The molecule has 0 saturated heterocycles. The van der Waals surface area contributed by atoms with E-state index in [2.05, 4.69) is 0 Å². The first kappa shape index (κ1) is 18.6. The van der Waals surface area contributed by atoms with Crippen LogP contribution in [-0.4, -0.2) is 31.2 Å². The maximum Gasteiger partial charge on any atom is 0.243 e. The molecule has 0 fully saturated rings. The molecular formula is C20H24N2O3S.